The third kappa shape index (κ3) is 4.47. The predicted octanol–water partition coefficient (Wildman–Crippen LogP) is 4.12. The Morgan fingerprint density at radius 2 is 2.19 bits per heavy atom. The highest BCUT2D eigenvalue weighted by atomic mass is 35.5. The standard InChI is InChI=1S/C11H10Cl2O2S/c1-7(4-11(14)15)6-16-10-5-8(12)2-3-9(10)13/h2-5H,6H2,1H3,(H,14,15). The van der Waals surface area contributed by atoms with Gasteiger partial charge in [-0.3, -0.25) is 0 Å². The number of rotatable bonds is 4. The summed E-state index contributed by atoms with van der Waals surface area (Å²) in [6, 6.07) is 5.21. The van der Waals surface area contributed by atoms with Gasteiger partial charge in [0.25, 0.3) is 0 Å². The highest BCUT2D eigenvalue weighted by Crippen LogP contribution is 2.30. The van der Waals surface area contributed by atoms with Gasteiger partial charge in [-0.05, 0) is 25.1 Å². The van der Waals surface area contributed by atoms with Crippen molar-refractivity contribution in [1.82, 2.24) is 0 Å². The molecule has 1 aromatic rings. The van der Waals surface area contributed by atoms with Gasteiger partial charge in [0.2, 0.25) is 0 Å². The van der Waals surface area contributed by atoms with Crippen LogP contribution in [0.5, 0.6) is 0 Å². The topological polar surface area (TPSA) is 37.3 Å². The van der Waals surface area contributed by atoms with E-state index in [1.54, 1.807) is 25.1 Å². The highest BCUT2D eigenvalue weighted by Gasteiger charge is 2.03. The van der Waals surface area contributed by atoms with Crippen LogP contribution in [-0.2, 0) is 4.79 Å². The Bertz CT molecular complexity index is 430. The molecule has 1 aromatic carbocycles. The molecular weight excluding hydrogens is 267 g/mol. The Kier molecular flexibility index (Phi) is 5.19. The second kappa shape index (κ2) is 6.18. The molecule has 16 heavy (non-hydrogen) atoms. The van der Waals surface area contributed by atoms with E-state index in [1.165, 1.54) is 17.8 Å². The minimum Gasteiger partial charge on any atom is -0.478 e. The molecule has 1 N–H and O–H groups in total. The van der Waals surface area contributed by atoms with Crippen LogP contribution in [0.1, 0.15) is 6.92 Å². The Hall–Kier alpha value is -0.640. The van der Waals surface area contributed by atoms with Gasteiger partial charge in [-0.25, -0.2) is 4.79 Å². The van der Waals surface area contributed by atoms with Crippen molar-refractivity contribution < 1.29 is 9.90 Å². The average molecular weight is 277 g/mol. The van der Waals surface area contributed by atoms with Crippen molar-refractivity contribution in [3.8, 4) is 0 Å². The van der Waals surface area contributed by atoms with Crippen molar-refractivity contribution in [3.05, 3.63) is 39.9 Å². The summed E-state index contributed by atoms with van der Waals surface area (Å²) in [7, 11) is 0. The fourth-order valence-electron chi connectivity index (χ4n) is 1.03. The van der Waals surface area contributed by atoms with Gasteiger partial charge >= 0.3 is 5.97 Å². The molecule has 5 heteroatoms. The summed E-state index contributed by atoms with van der Waals surface area (Å²) >= 11 is 13.3. The van der Waals surface area contributed by atoms with Crippen LogP contribution in [-0.4, -0.2) is 16.8 Å². The number of carboxylic acids is 1. The summed E-state index contributed by atoms with van der Waals surface area (Å²) in [6.07, 6.45) is 1.19. The zero-order chi connectivity index (χ0) is 12.1. The quantitative estimate of drug-likeness (QED) is 0.664. The third-order valence-electron chi connectivity index (χ3n) is 1.72. The van der Waals surface area contributed by atoms with Gasteiger partial charge in [-0.1, -0.05) is 28.8 Å². The fourth-order valence-corrected chi connectivity index (χ4v) is 2.43. The van der Waals surface area contributed by atoms with E-state index >= 15 is 0 Å². The fraction of sp³-hybridized carbons (Fsp3) is 0.182. The number of carboxylic acid groups (broad SMARTS) is 1. The van der Waals surface area contributed by atoms with Crippen molar-refractivity contribution in [1.29, 1.82) is 0 Å². The lowest BCUT2D eigenvalue weighted by Crippen LogP contribution is -1.91. The van der Waals surface area contributed by atoms with Crippen LogP contribution in [0.4, 0.5) is 0 Å². The average Bonchev–Trinajstić information content (AvgIpc) is 2.18. The normalized spacial score (nSPS) is 11.6. The van der Waals surface area contributed by atoms with Crippen LogP contribution in [0.3, 0.4) is 0 Å². The van der Waals surface area contributed by atoms with Crippen molar-refractivity contribution >= 4 is 40.9 Å². The largest absolute Gasteiger partial charge is 0.478 e. The molecule has 0 aromatic heterocycles. The number of hydrogen-bond acceptors (Lipinski definition) is 2. The first-order valence-corrected chi connectivity index (χ1v) is 6.21. The van der Waals surface area contributed by atoms with E-state index < -0.39 is 5.97 Å². The van der Waals surface area contributed by atoms with Gasteiger partial charge in [-0.2, -0.15) is 0 Å². The lowest BCUT2D eigenvalue weighted by molar-refractivity contribution is -0.131. The lowest BCUT2D eigenvalue weighted by atomic mass is 10.3. The van der Waals surface area contributed by atoms with Crippen LogP contribution in [0, 0.1) is 0 Å². The van der Waals surface area contributed by atoms with Crippen LogP contribution in [0.15, 0.2) is 34.7 Å². The summed E-state index contributed by atoms with van der Waals surface area (Å²) in [5, 5.41) is 9.79. The van der Waals surface area contributed by atoms with E-state index in [9.17, 15) is 4.79 Å². The summed E-state index contributed by atoms with van der Waals surface area (Å²) < 4.78 is 0. The molecule has 0 aliphatic rings. The van der Waals surface area contributed by atoms with Crippen LogP contribution in [0.25, 0.3) is 0 Å². The molecular formula is C11H10Cl2O2S. The number of carbonyl (C=O) groups is 1. The second-order valence-electron chi connectivity index (χ2n) is 3.19. The first-order chi connectivity index (χ1) is 7.49. The van der Waals surface area contributed by atoms with Crippen LogP contribution < -0.4 is 0 Å². The molecule has 2 nitrogen and oxygen atoms in total. The lowest BCUT2D eigenvalue weighted by Gasteiger charge is -2.04. The van der Waals surface area contributed by atoms with Gasteiger partial charge in [0.05, 0.1) is 5.02 Å². The molecule has 86 valence electrons. The molecule has 0 atom stereocenters. The first-order valence-electron chi connectivity index (χ1n) is 4.47. The Morgan fingerprint density at radius 3 is 2.81 bits per heavy atom. The van der Waals surface area contributed by atoms with Crippen molar-refractivity contribution in [3.63, 3.8) is 0 Å². The van der Waals surface area contributed by atoms with Gasteiger partial charge in [0.15, 0.2) is 0 Å². The number of aliphatic carboxylic acids is 1. The van der Waals surface area contributed by atoms with Crippen LogP contribution >= 0.6 is 35.0 Å². The maximum Gasteiger partial charge on any atom is 0.328 e. The molecule has 1 rings (SSSR count). The summed E-state index contributed by atoms with van der Waals surface area (Å²) in [5.74, 6) is -0.359. The molecule has 0 unspecified atom stereocenters. The van der Waals surface area contributed by atoms with Gasteiger partial charge in [-0.15, -0.1) is 11.8 Å². The molecule has 0 amide bonds. The van der Waals surface area contributed by atoms with Crippen molar-refractivity contribution in [2.75, 3.05) is 5.75 Å². The van der Waals surface area contributed by atoms with Gasteiger partial charge in [0, 0.05) is 21.7 Å². The highest BCUT2D eigenvalue weighted by molar-refractivity contribution is 7.99. The molecule has 0 saturated carbocycles. The van der Waals surface area contributed by atoms with E-state index in [1.807, 2.05) is 0 Å². The van der Waals surface area contributed by atoms with Gasteiger partial charge < -0.3 is 5.11 Å². The van der Waals surface area contributed by atoms with E-state index in [0.29, 0.717) is 15.8 Å². The Labute approximate surface area is 108 Å². The molecule has 0 aliphatic heterocycles. The molecule has 0 bridgehead atoms. The third-order valence-corrected chi connectivity index (χ3v) is 3.64. The van der Waals surface area contributed by atoms with E-state index in [-0.39, 0.29) is 0 Å². The first kappa shape index (κ1) is 13.4. The SMILES string of the molecule is CC(=CC(=O)O)CSc1cc(Cl)ccc1Cl. The number of thioether (sulfide) groups is 1. The molecule has 0 spiro atoms. The molecule has 0 aliphatic carbocycles. The van der Waals surface area contributed by atoms with Crippen molar-refractivity contribution in [2.45, 2.75) is 11.8 Å². The number of halogens is 2. The monoisotopic (exact) mass is 276 g/mol. The van der Waals surface area contributed by atoms with E-state index in [2.05, 4.69) is 0 Å². The minimum atomic E-state index is -0.935. The maximum atomic E-state index is 10.4. The molecule has 0 heterocycles. The molecule has 0 radical (unpaired) electrons. The van der Waals surface area contributed by atoms with Crippen LogP contribution in [0.2, 0.25) is 10.0 Å². The van der Waals surface area contributed by atoms with Crippen molar-refractivity contribution in [2.24, 2.45) is 0 Å². The summed E-state index contributed by atoms with van der Waals surface area (Å²) in [6.45, 7) is 1.76. The zero-order valence-electron chi connectivity index (χ0n) is 8.54. The molecule has 0 fully saturated rings. The predicted molar refractivity (Wildman–Crippen MR) is 68.6 cm³/mol. The number of benzene rings is 1. The van der Waals surface area contributed by atoms with Gasteiger partial charge in [0.1, 0.15) is 0 Å². The number of hydrogen-bond donors (Lipinski definition) is 1. The van der Waals surface area contributed by atoms with E-state index in [4.69, 9.17) is 28.3 Å². The van der Waals surface area contributed by atoms with E-state index in [0.717, 1.165) is 10.5 Å². The second-order valence-corrected chi connectivity index (χ2v) is 5.05. The minimum absolute atomic E-state index is 0.576. The maximum absolute atomic E-state index is 10.4. The smallest absolute Gasteiger partial charge is 0.328 e. The molecule has 0 saturated heterocycles. The Morgan fingerprint density at radius 1 is 1.50 bits per heavy atom. The summed E-state index contributed by atoms with van der Waals surface area (Å²) in [4.78, 5) is 11.3. The summed E-state index contributed by atoms with van der Waals surface area (Å²) in [5.41, 5.74) is 0.772. The zero-order valence-corrected chi connectivity index (χ0v) is 10.9. The Balaban J connectivity index is 2.68.